The summed E-state index contributed by atoms with van der Waals surface area (Å²) < 4.78 is 61.7. The summed E-state index contributed by atoms with van der Waals surface area (Å²) in [5.41, 5.74) is -0.754. The van der Waals surface area contributed by atoms with Crippen LogP contribution in [0, 0.1) is 5.82 Å². The number of halogens is 4. The Balaban J connectivity index is 1.41. The van der Waals surface area contributed by atoms with Crippen molar-refractivity contribution >= 4 is 35.1 Å². The van der Waals surface area contributed by atoms with Crippen molar-refractivity contribution in [3.63, 3.8) is 0 Å². The van der Waals surface area contributed by atoms with Gasteiger partial charge >= 0.3 is 12.3 Å². The topological polar surface area (TPSA) is 112 Å². The van der Waals surface area contributed by atoms with Crippen LogP contribution in [0.5, 0.6) is 0 Å². The van der Waals surface area contributed by atoms with Gasteiger partial charge in [-0.3, -0.25) is 9.69 Å². The van der Waals surface area contributed by atoms with Gasteiger partial charge in [-0.05, 0) is 57.0 Å². The molecule has 1 aromatic heterocycles. The zero-order chi connectivity index (χ0) is 32.1. The quantitative estimate of drug-likeness (QED) is 0.281. The standard InChI is InChI=1S/C30H35F4N7O3/c1-29(2,3)44-28(43)41-15-13-40(14-16-41)12-11-19-9-10-20(17-23(19)31)37-27-36-18-22(30(32,33)34)25(39-27)38-24-8-6-5-7-21(24)26(42)35-4/h5-10,17-18H,11-16H2,1-4H3,(H,35,42)(H2,36,37,38,39). The van der Waals surface area contributed by atoms with E-state index in [1.54, 1.807) is 29.2 Å². The molecule has 4 rings (SSSR count). The van der Waals surface area contributed by atoms with Crippen LogP contribution in [0.3, 0.4) is 0 Å². The maximum Gasteiger partial charge on any atom is 0.421 e. The van der Waals surface area contributed by atoms with Gasteiger partial charge in [-0.2, -0.15) is 18.2 Å². The Hall–Kier alpha value is -4.46. The number of para-hydroxylation sites is 1. The zero-order valence-electron chi connectivity index (χ0n) is 24.9. The summed E-state index contributed by atoms with van der Waals surface area (Å²) in [6.07, 6.45) is -4.08. The molecule has 1 saturated heterocycles. The van der Waals surface area contributed by atoms with Crippen LogP contribution in [0.4, 0.5) is 45.5 Å². The van der Waals surface area contributed by atoms with Crippen molar-refractivity contribution < 1.29 is 31.9 Å². The number of benzene rings is 2. The number of rotatable bonds is 8. The van der Waals surface area contributed by atoms with Crippen LogP contribution >= 0.6 is 0 Å². The fourth-order valence-corrected chi connectivity index (χ4v) is 4.51. The third-order valence-electron chi connectivity index (χ3n) is 6.78. The minimum atomic E-state index is -4.78. The van der Waals surface area contributed by atoms with Crippen LogP contribution in [-0.2, 0) is 17.3 Å². The number of aromatic nitrogens is 2. The molecule has 0 radical (unpaired) electrons. The van der Waals surface area contributed by atoms with Crippen LogP contribution < -0.4 is 16.0 Å². The number of anilines is 4. The molecule has 2 aromatic carbocycles. The Morgan fingerprint density at radius 2 is 1.70 bits per heavy atom. The summed E-state index contributed by atoms with van der Waals surface area (Å²) in [5.74, 6) is -1.76. The second-order valence-corrected chi connectivity index (χ2v) is 11.2. The van der Waals surface area contributed by atoms with Gasteiger partial charge in [-0.15, -0.1) is 0 Å². The van der Waals surface area contributed by atoms with Crippen LogP contribution in [-0.4, -0.2) is 77.1 Å². The lowest BCUT2D eigenvalue weighted by Gasteiger charge is -2.35. The molecule has 0 unspecified atom stereocenters. The Labute approximate surface area is 252 Å². The molecule has 236 valence electrons. The van der Waals surface area contributed by atoms with Gasteiger partial charge in [0.2, 0.25) is 5.95 Å². The fraction of sp³-hybridized carbons (Fsp3) is 0.400. The highest BCUT2D eigenvalue weighted by molar-refractivity contribution is 6.00. The molecule has 1 fully saturated rings. The lowest BCUT2D eigenvalue weighted by Crippen LogP contribution is -2.50. The van der Waals surface area contributed by atoms with E-state index in [0.29, 0.717) is 50.9 Å². The van der Waals surface area contributed by atoms with E-state index in [-0.39, 0.29) is 29.0 Å². The van der Waals surface area contributed by atoms with Crippen molar-refractivity contribution in [2.24, 2.45) is 0 Å². The zero-order valence-corrected chi connectivity index (χ0v) is 24.9. The number of nitrogens with zero attached hydrogens (tertiary/aromatic N) is 4. The number of hydrogen-bond donors (Lipinski definition) is 3. The summed E-state index contributed by atoms with van der Waals surface area (Å²) in [5, 5.41) is 7.79. The van der Waals surface area contributed by atoms with E-state index in [1.807, 2.05) is 20.8 Å². The smallest absolute Gasteiger partial charge is 0.421 e. The van der Waals surface area contributed by atoms with Gasteiger partial charge in [0.1, 0.15) is 22.8 Å². The molecule has 0 saturated carbocycles. The van der Waals surface area contributed by atoms with E-state index in [2.05, 4.69) is 30.8 Å². The average molecular weight is 618 g/mol. The molecule has 0 spiro atoms. The van der Waals surface area contributed by atoms with E-state index in [0.717, 1.165) is 0 Å². The predicted octanol–water partition coefficient (Wildman–Crippen LogP) is 5.58. The van der Waals surface area contributed by atoms with E-state index in [1.165, 1.54) is 25.2 Å². The number of amides is 2. The highest BCUT2D eigenvalue weighted by atomic mass is 19.4. The molecule has 3 N–H and O–H groups in total. The molecule has 3 aromatic rings. The molecular formula is C30H35F4N7O3. The summed E-state index contributed by atoms with van der Waals surface area (Å²) in [4.78, 5) is 36.1. The third-order valence-corrected chi connectivity index (χ3v) is 6.78. The van der Waals surface area contributed by atoms with Gasteiger partial charge in [0.25, 0.3) is 5.91 Å². The first-order valence-corrected chi connectivity index (χ1v) is 14.0. The highest BCUT2D eigenvalue weighted by Gasteiger charge is 2.35. The molecule has 1 aliphatic rings. The normalized spacial score (nSPS) is 14.2. The molecule has 0 atom stereocenters. The Morgan fingerprint density at radius 3 is 2.34 bits per heavy atom. The van der Waals surface area contributed by atoms with E-state index >= 15 is 4.39 Å². The summed E-state index contributed by atoms with van der Waals surface area (Å²) in [6.45, 7) is 8.34. The number of piperazine rings is 1. The van der Waals surface area contributed by atoms with Crippen molar-refractivity contribution in [2.75, 3.05) is 50.4 Å². The van der Waals surface area contributed by atoms with Crippen LogP contribution in [0.15, 0.2) is 48.7 Å². The summed E-state index contributed by atoms with van der Waals surface area (Å²) >= 11 is 0. The number of alkyl halides is 3. The molecule has 10 nitrogen and oxygen atoms in total. The van der Waals surface area contributed by atoms with Gasteiger partial charge in [0, 0.05) is 51.7 Å². The predicted molar refractivity (Wildman–Crippen MR) is 158 cm³/mol. The first kappa shape index (κ1) is 32.5. The molecule has 44 heavy (non-hydrogen) atoms. The van der Waals surface area contributed by atoms with E-state index < -0.39 is 34.9 Å². The Morgan fingerprint density at radius 1 is 1.00 bits per heavy atom. The molecule has 14 heteroatoms. The van der Waals surface area contributed by atoms with Gasteiger partial charge in [0.05, 0.1) is 11.3 Å². The maximum atomic E-state index is 15.0. The third kappa shape index (κ3) is 8.56. The minimum Gasteiger partial charge on any atom is -0.444 e. The van der Waals surface area contributed by atoms with Gasteiger partial charge < -0.3 is 25.6 Å². The van der Waals surface area contributed by atoms with Crippen molar-refractivity contribution in [3.05, 3.63) is 71.2 Å². The second kappa shape index (κ2) is 13.5. The van der Waals surface area contributed by atoms with Crippen LogP contribution in [0.25, 0.3) is 0 Å². The SMILES string of the molecule is CNC(=O)c1ccccc1Nc1nc(Nc2ccc(CCN3CCN(C(=O)OC(C)(C)C)CC3)c(F)c2)ncc1C(F)(F)F. The first-order valence-electron chi connectivity index (χ1n) is 14.0. The average Bonchev–Trinajstić information content (AvgIpc) is 2.95. The molecule has 1 aliphatic heterocycles. The Kier molecular flexibility index (Phi) is 9.92. The van der Waals surface area contributed by atoms with Crippen molar-refractivity contribution in [1.82, 2.24) is 25.1 Å². The molecule has 0 aliphatic carbocycles. The lowest BCUT2D eigenvalue weighted by molar-refractivity contribution is -0.137. The van der Waals surface area contributed by atoms with Gasteiger partial charge in [-0.1, -0.05) is 18.2 Å². The number of nitrogens with one attached hydrogen (secondary N) is 3. The highest BCUT2D eigenvalue weighted by Crippen LogP contribution is 2.36. The number of carbonyl (C=O) groups is 2. The lowest BCUT2D eigenvalue weighted by atomic mass is 10.1. The van der Waals surface area contributed by atoms with E-state index in [9.17, 15) is 22.8 Å². The second-order valence-electron chi connectivity index (χ2n) is 11.2. The largest absolute Gasteiger partial charge is 0.444 e. The number of ether oxygens (including phenoxy) is 1. The molecule has 2 amide bonds. The summed E-state index contributed by atoms with van der Waals surface area (Å²) in [7, 11) is 1.41. The molecule has 2 heterocycles. The molecular weight excluding hydrogens is 582 g/mol. The fourth-order valence-electron chi connectivity index (χ4n) is 4.51. The van der Waals surface area contributed by atoms with Crippen molar-refractivity contribution in [1.29, 1.82) is 0 Å². The minimum absolute atomic E-state index is 0.114. The number of hydrogen-bond acceptors (Lipinski definition) is 8. The van der Waals surface area contributed by atoms with Crippen molar-refractivity contribution in [3.8, 4) is 0 Å². The van der Waals surface area contributed by atoms with Gasteiger partial charge in [0.15, 0.2) is 0 Å². The Bertz CT molecular complexity index is 1490. The van der Waals surface area contributed by atoms with Crippen LogP contribution in [0.1, 0.15) is 42.3 Å². The number of carbonyl (C=O) groups excluding carboxylic acids is 2. The summed E-state index contributed by atoms with van der Waals surface area (Å²) in [6, 6.07) is 10.5. The maximum absolute atomic E-state index is 15.0. The monoisotopic (exact) mass is 617 g/mol. The van der Waals surface area contributed by atoms with Crippen molar-refractivity contribution in [2.45, 2.75) is 39.0 Å². The molecule has 0 bridgehead atoms. The van der Waals surface area contributed by atoms with Gasteiger partial charge in [-0.25, -0.2) is 14.2 Å². The van der Waals surface area contributed by atoms with E-state index in [4.69, 9.17) is 4.74 Å². The first-order chi connectivity index (χ1) is 20.7. The van der Waals surface area contributed by atoms with Crippen LogP contribution in [0.2, 0.25) is 0 Å².